The van der Waals surface area contributed by atoms with Gasteiger partial charge in [-0.3, -0.25) is 0 Å². The molecule has 0 aliphatic heterocycles. The van der Waals surface area contributed by atoms with Gasteiger partial charge in [0.15, 0.2) is 0 Å². The second-order valence-electron chi connectivity index (χ2n) is 5.20. The van der Waals surface area contributed by atoms with E-state index in [4.69, 9.17) is 5.73 Å². The number of nitrogens with two attached hydrogens (primary N) is 1. The maximum Gasteiger partial charge on any atom is 0.132 e. The molecule has 0 spiro atoms. The molecule has 106 valence electrons. The molecule has 0 saturated carbocycles. The lowest BCUT2D eigenvalue weighted by Crippen LogP contribution is -1.96. The van der Waals surface area contributed by atoms with Crippen LogP contribution < -0.4 is 5.73 Å². The summed E-state index contributed by atoms with van der Waals surface area (Å²) < 4.78 is 15.6. The van der Waals surface area contributed by atoms with Crippen LogP contribution in [0.2, 0.25) is 0 Å². The fraction of sp³-hybridized carbons (Fsp3) is 0.118. The van der Waals surface area contributed by atoms with Crippen LogP contribution in [0.15, 0.2) is 48.7 Å². The number of aryl methyl sites for hydroxylation is 2. The molecule has 3 nitrogen and oxygen atoms in total. The first kappa shape index (κ1) is 13.4. The fourth-order valence-electron chi connectivity index (χ4n) is 2.47. The zero-order valence-electron chi connectivity index (χ0n) is 12.0. The number of benzene rings is 2. The van der Waals surface area contributed by atoms with Crippen molar-refractivity contribution < 1.29 is 4.39 Å². The van der Waals surface area contributed by atoms with Gasteiger partial charge in [-0.25, -0.2) is 9.07 Å². The second-order valence-corrected chi connectivity index (χ2v) is 5.20. The number of halogens is 1. The molecule has 0 unspecified atom stereocenters. The number of anilines is 1. The Hall–Kier alpha value is -2.62. The van der Waals surface area contributed by atoms with Crippen LogP contribution in [-0.4, -0.2) is 9.78 Å². The topological polar surface area (TPSA) is 43.8 Å². The van der Waals surface area contributed by atoms with E-state index in [2.05, 4.69) is 11.2 Å². The van der Waals surface area contributed by atoms with E-state index in [0.29, 0.717) is 16.9 Å². The summed E-state index contributed by atoms with van der Waals surface area (Å²) in [4.78, 5) is 0. The highest BCUT2D eigenvalue weighted by molar-refractivity contribution is 5.72. The summed E-state index contributed by atoms with van der Waals surface area (Å²) in [5.41, 5.74) is 10.6. The van der Waals surface area contributed by atoms with Crippen molar-refractivity contribution in [1.29, 1.82) is 0 Å². The van der Waals surface area contributed by atoms with E-state index in [1.807, 2.05) is 26.0 Å². The van der Waals surface area contributed by atoms with E-state index in [1.54, 1.807) is 29.1 Å². The zero-order valence-corrected chi connectivity index (χ0v) is 12.0. The molecule has 1 heterocycles. The van der Waals surface area contributed by atoms with Crippen LogP contribution in [0.3, 0.4) is 0 Å². The summed E-state index contributed by atoms with van der Waals surface area (Å²) in [5, 5.41) is 4.44. The van der Waals surface area contributed by atoms with Crippen LogP contribution in [0.4, 0.5) is 10.1 Å². The van der Waals surface area contributed by atoms with Gasteiger partial charge in [0.25, 0.3) is 0 Å². The van der Waals surface area contributed by atoms with Crippen molar-refractivity contribution in [3.8, 4) is 16.9 Å². The molecule has 4 heteroatoms. The van der Waals surface area contributed by atoms with Crippen LogP contribution in [0.5, 0.6) is 0 Å². The Labute approximate surface area is 122 Å². The summed E-state index contributed by atoms with van der Waals surface area (Å²) in [5.74, 6) is -0.324. The van der Waals surface area contributed by atoms with Crippen LogP contribution in [-0.2, 0) is 0 Å². The Balaban J connectivity index is 2.12. The molecule has 0 aliphatic carbocycles. The number of aromatic nitrogens is 2. The molecule has 1 aromatic heterocycles. The molecule has 2 N–H and O–H groups in total. The highest BCUT2D eigenvalue weighted by Gasteiger charge is 2.13. The number of hydrogen-bond donors (Lipinski definition) is 1. The maximum absolute atomic E-state index is 13.9. The van der Waals surface area contributed by atoms with Crippen molar-refractivity contribution in [3.63, 3.8) is 0 Å². The summed E-state index contributed by atoms with van der Waals surface area (Å²) in [6, 6.07) is 12.6. The highest BCUT2D eigenvalue weighted by Crippen LogP contribution is 2.27. The molecule has 0 atom stereocenters. The maximum atomic E-state index is 13.9. The number of nitrogen functional groups attached to an aromatic ring is 1. The molecule has 0 amide bonds. The Morgan fingerprint density at radius 2 is 1.71 bits per heavy atom. The van der Waals surface area contributed by atoms with Crippen LogP contribution >= 0.6 is 0 Å². The predicted octanol–water partition coefficient (Wildman–Crippen LogP) is 3.88. The summed E-state index contributed by atoms with van der Waals surface area (Å²) in [6.45, 7) is 4.06. The Kier molecular flexibility index (Phi) is 3.22. The Morgan fingerprint density at radius 3 is 2.38 bits per heavy atom. The molecular weight excluding hydrogens is 265 g/mol. The van der Waals surface area contributed by atoms with E-state index >= 15 is 0 Å². The van der Waals surface area contributed by atoms with Crippen molar-refractivity contribution in [1.82, 2.24) is 9.78 Å². The average Bonchev–Trinajstić information content (AvgIpc) is 2.80. The van der Waals surface area contributed by atoms with Crippen LogP contribution in [0, 0.1) is 19.7 Å². The first-order chi connectivity index (χ1) is 10.0. The van der Waals surface area contributed by atoms with Gasteiger partial charge in [-0.1, -0.05) is 18.2 Å². The van der Waals surface area contributed by atoms with Gasteiger partial charge in [-0.15, -0.1) is 0 Å². The SMILES string of the molecule is Cc1cc(C)cc(-n2cc(N)c(-c3ccccc3F)n2)c1. The van der Waals surface area contributed by atoms with E-state index in [1.165, 1.54) is 6.07 Å². The van der Waals surface area contributed by atoms with Crippen LogP contribution in [0.1, 0.15) is 11.1 Å². The van der Waals surface area contributed by atoms with Gasteiger partial charge in [0, 0.05) is 5.56 Å². The third-order valence-corrected chi connectivity index (χ3v) is 3.34. The third-order valence-electron chi connectivity index (χ3n) is 3.34. The first-order valence-corrected chi connectivity index (χ1v) is 6.73. The lowest BCUT2D eigenvalue weighted by Gasteiger charge is -2.05. The van der Waals surface area contributed by atoms with Gasteiger partial charge in [0.2, 0.25) is 0 Å². The van der Waals surface area contributed by atoms with Gasteiger partial charge in [-0.05, 0) is 49.2 Å². The molecule has 0 aliphatic rings. The van der Waals surface area contributed by atoms with E-state index < -0.39 is 0 Å². The number of rotatable bonds is 2. The first-order valence-electron chi connectivity index (χ1n) is 6.73. The van der Waals surface area contributed by atoms with Crippen LogP contribution in [0.25, 0.3) is 16.9 Å². The standard InChI is InChI=1S/C17H16FN3/c1-11-7-12(2)9-13(8-11)21-10-16(19)17(20-21)14-5-3-4-6-15(14)18/h3-10H,19H2,1-2H3. The van der Waals surface area contributed by atoms with Crippen molar-refractivity contribution >= 4 is 5.69 Å². The summed E-state index contributed by atoms with van der Waals surface area (Å²) >= 11 is 0. The van der Waals surface area contributed by atoms with Crippen molar-refractivity contribution in [2.75, 3.05) is 5.73 Å². The number of hydrogen-bond acceptors (Lipinski definition) is 2. The summed E-state index contributed by atoms with van der Waals surface area (Å²) in [6.07, 6.45) is 1.72. The number of nitrogens with zero attached hydrogens (tertiary/aromatic N) is 2. The average molecular weight is 281 g/mol. The third kappa shape index (κ3) is 2.52. The lowest BCUT2D eigenvalue weighted by molar-refractivity contribution is 0.630. The molecular formula is C17H16FN3. The van der Waals surface area contributed by atoms with Crippen molar-refractivity contribution in [2.24, 2.45) is 0 Å². The molecule has 2 aromatic carbocycles. The van der Waals surface area contributed by atoms with E-state index in [9.17, 15) is 4.39 Å². The highest BCUT2D eigenvalue weighted by atomic mass is 19.1. The minimum absolute atomic E-state index is 0.324. The second kappa shape index (κ2) is 5.05. The van der Waals surface area contributed by atoms with Gasteiger partial charge in [-0.2, -0.15) is 5.10 Å². The minimum atomic E-state index is -0.324. The quantitative estimate of drug-likeness (QED) is 0.774. The molecule has 3 aromatic rings. The van der Waals surface area contributed by atoms with Gasteiger partial charge >= 0.3 is 0 Å². The summed E-state index contributed by atoms with van der Waals surface area (Å²) in [7, 11) is 0. The fourth-order valence-corrected chi connectivity index (χ4v) is 2.47. The lowest BCUT2D eigenvalue weighted by atomic mass is 10.1. The predicted molar refractivity (Wildman–Crippen MR) is 82.8 cm³/mol. The molecule has 21 heavy (non-hydrogen) atoms. The van der Waals surface area contributed by atoms with Gasteiger partial charge in [0.1, 0.15) is 11.5 Å². The molecule has 0 fully saturated rings. The molecule has 0 bridgehead atoms. The largest absolute Gasteiger partial charge is 0.396 e. The van der Waals surface area contributed by atoms with Crippen molar-refractivity contribution in [3.05, 3.63) is 65.6 Å². The van der Waals surface area contributed by atoms with E-state index in [0.717, 1.165) is 16.8 Å². The Morgan fingerprint density at radius 1 is 1.05 bits per heavy atom. The van der Waals surface area contributed by atoms with Gasteiger partial charge in [0.05, 0.1) is 17.6 Å². The monoisotopic (exact) mass is 281 g/mol. The van der Waals surface area contributed by atoms with Gasteiger partial charge < -0.3 is 5.73 Å². The molecule has 3 rings (SSSR count). The Bertz CT molecular complexity index is 785. The smallest absolute Gasteiger partial charge is 0.132 e. The zero-order chi connectivity index (χ0) is 15.0. The van der Waals surface area contributed by atoms with Crippen molar-refractivity contribution in [2.45, 2.75) is 13.8 Å². The molecule has 0 radical (unpaired) electrons. The normalized spacial score (nSPS) is 10.8. The minimum Gasteiger partial charge on any atom is -0.396 e. The van der Waals surface area contributed by atoms with E-state index in [-0.39, 0.29) is 5.82 Å². The molecule has 0 saturated heterocycles.